The molecule has 2 heterocycles. The first-order chi connectivity index (χ1) is 11.2. The molecule has 124 valence electrons. The summed E-state index contributed by atoms with van der Waals surface area (Å²) < 4.78 is 11.3. The van der Waals surface area contributed by atoms with E-state index in [4.69, 9.17) is 9.47 Å². The fourth-order valence-electron chi connectivity index (χ4n) is 3.07. The summed E-state index contributed by atoms with van der Waals surface area (Å²) in [6.07, 6.45) is 3.45. The number of hydrogen-bond acceptors (Lipinski definition) is 4. The predicted octanol–water partition coefficient (Wildman–Crippen LogP) is 4.27. The summed E-state index contributed by atoms with van der Waals surface area (Å²) in [4.78, 5) is 7.07. The zero-order valence-corrected chi connectivity index (χ0v) is 14.3. The largest absolute Gasteiger partial charge is 0.495 e. The number of pyridine rings is 1. The summed E-state index contributed by atoms with van der Waals surface area (Å²) in [6, 6.07) is 8.21. The van der Waals surface area contributed by atoms with Crippen molar-refractivity contribution >= 4 is 16.6 Å². The van der Waals surface area contributed by atoms with E-state index in [1.54, 1.807) is 7.11 Å². The lowest BCUT2D eigenvalue weighted by Crippen LogP contribution is -2.33. The highest BCUT2D eigenvalue weighted by atomic mass is 16.5. The summed E-state index contributed by atoms with van der Waals surface area (Å²) in [5, 5.41) is 1.08. The Bertz CT molecular complexity index is 664. The summed E-state index contributed by atoms with van der Waals surface area (Å²) >= 11 is 0. The smallest absolute Gasteiger partial charge is 0.213 e. The van der Waals surface area contributed by atoms with Gasteiger partial charge in [-0.25, -0.2) is 4.98 Å². The third kappa shape index (κ3) is 3.52. The van der Waals surface area contributed by atoms with E-state index in [1.807, 2.05) is 6.07 Å². The summed E-state index contributed by atoms with van der Waals surface area (Å²) in [7, 11) is 1.74. The Morgan fingerprint density at radius 1 is 1.22 bits per heavy atom. The minimum atomic E-state index is 0.697. The minimum Gasteiger partial charge on any atom is -0.495 e. The second-order valence-corrected chi connectivity index (χ2v) is 6.38. The van der Waals surface area contributed by atoms with Gasteiger partial charge in [-0.1, -0.05) is 13.8 Å². The second-order valence-electron chi connectivity index (χ2n) is 6.38. The Hall–Kier alpha value is -1.97. The van der Waals surface area contributed by atoms with E-state index in [9.17, 15) is 0 Å². The van der Waals surface area contributed by atoms with Crippen molar-refractivity contribution < 1.29 is 9.47 Å². The summed E-state index contributed by atoms with van der Waals surface area (Å²) in [5.41, 5.74) is 2.11. The molecular formula is C19H26N2O2. The topological polar surface area (TPSA) is 34.6 Å². The normalized spacial score (nSPS) is 15.9. The monoisotopic (exact) mass is 314 g/mol. The van der Waals surface area contributed by atoms with Gasteiger partial charge in [0.2, 0.25) is 5.88 Å². The molecule has 1 fully saturated rings. The number of anilines is 1. The van der Waals surface area contributed by atoms with Gasteiger partial charge in [0.25, 0.3) is 0 Å². The van der Waals surface area contributed by atoms with Crippen LogP contribution >= 0.6 is 0 Å². The fourth-order valence-corrected chi connectivity index (χ4v) is 3.07. The zero-order chi connectivity index (χ0) is 16.2. The summed E-state index contributed by atoms with van der Waals surface area (Å²) in [5.74, 6) is 2.43. The molecule has 4 nitrogen and oxygen atoms in total. The van der Waals surface area contributed by atoms with Crippen molar-refractivity contribution in [3.05, 3.63) is 24.3 Å². The lowest BCUT2D eigenvalue weighted by Gasteiger charge is -2.33. The van der Waals surface area contributed by atoms with Crippen LogP contribution in [0.5, 0.6) is 11.6 Å². The van der Waals surface area contributed by atoms with Crippen LogP contribution in [0.15, 0.2) is 24.3 Å². The van der Waals surface area contributed by atoms with Crippen LogP contribution in [-0.4, -0.2) is 31.8 Å². The number of piperidine rings is 1. The third-order valence-electron chi connectivity index (χ3n) is 4.54. The first kappa shape index (κ1) is 15.9. The van der Waals surface area contributed by atoms with Crippen LogP contribution in [0, 0.1) is 5.92 Å². The van der Waals surface area contributed by atoms with Gasteiger partial charge in [-0.05, 0) is 43.4 Å². The van der Waals surface area contributed by atoms with Gasteiger partial charge in [0.15, 0.2) is 0 Å². The molecule has 0 bridgehead atoms. The number of fused-ring (bicyclic) bond motifs is 1. The quantitative estimate of drug-likeness (QED) is 0.825. The Labute approximate surface area is 138 Å². The van der Waals surface area contributed by atoms with E-state index in [0.29, 0.717) is 12.5 Å². The molecule has 1 aliphatic rings. The van der Waals surface area contributed by atoms with Crippen LogP contribution in [-0.2, 0) is 0 Å². The molecule has 0 unspecified atom stereocenters. The highest BCUT2D eigenvalue weighted by Crippen LogP contribution is 2.35. The molecule has 1 aliphatic heterocycles. The molecule has 1 saturated heterocycles. The standard InChI is InChI=1S/C19H26N2O2/c1-4-11-23-19-6-5-15-12-18(22-3)17(13-16(15)20-19)21-9-7-14(2)8-10-21/h5-6,12-14H,4,7-11H2,1-3H3. The van der Waals surface area contributed by atoms with Crippen molar-refractivity contribution in [3.63, 3.8) is 0 Å². The van der Waals surface area contributed by atoms with E-state index >= 15 is 0 Å². The molecule has 0 radical (unpaired) electrons. The lowest BCUT2D eigenvalue weighted by molar-refractivity contribution is 0.306. The van der Waals surface area contributed by atoms with Gasteiger partial charge < -0.3 is 14.4 Å². The molecule has 0 atom stereocenters. The van der Waals surface area contributed by atoms with Crippen LogP contribution in [0.25, 0.3) is 10.9 Å². The fraction of sp³-hybridized carbons (Fsp3) is 0.526. The van der Waals surface area contributed by atoms with Gasteiger partial charge in [0.1, 0.15) is 5.75 Å². The molecule has 0 spiro atoms. The number of benzene rings is 1. The van der Waals surface area contributed by atoms with Crippen molar-refractivity contribution in [1.82, 2.24) is 4.98 Å². The van der Waals surface area contributed by atoms with Gasteiger partial charge in [-0.15, -0.1) is 0 Å². The van der Waals surface area contributed by atoms with Crippen molar-refractivity contribution in [3.8, 4) is 11.6 Å². The Morgan fingerprint density at radius 2 is 2.00 bits per heavy atom. The van der Waals surface area contributed by atoms with E-state index < -0.39 is 0 Å². The Morgan fingerprint density at radius 3 is 2.70 bits per heavy atom. The summed E-state index contributed by atoms with van der Waals surface area (Å²) in [6.45, 7) is 7.28. The van der Waals surface area contributed by atoms with Gasteiger partial charge in [0.05, 0.1) is 24.9 Å². The first-order valence-electron chi connectivity index (χ1n) is 8.57. The van der Waals surface area contributed by atoms with Crippen LogP contribution in [0.4, 0.5) is 5.69 Å². The third-order valence-corrected chi connectivity index (χ3v) is 4.54. The first-order valence-corrected chi connectivity index (χ1v) is 8.57. The number of methoxy groups -OCH3 is 1. The molecule has 23 heavy (non-hydrogen) atoms. The van der Waals surface area contributed by atoms with Gasteiger partial charge in [-0.3, -0.25) is 0 Å². The lowest BCUT2D eigenvalue weighted by atomic mass is 9.98. The molecule has 0 saturated carbocycles. The van der Waals surface area contributed by atoms with E-state index in [0.717, 1.165) is 47.8 Å². The maximum atomic E-state index is 5.66. The van der Waals surface area contributed by atoms with Crippen molar-refractivity contribution in [2.45, 2.75) is 33.1 Å². The SMILES string of the molecule is CCCOc1ccc2cc(OC)c(N3CCC(C)CC3)cc2n1. The van der Waals surface area contributed by atoms with E-state index in [1.165, 1.54) is 12.8 Å². The number of nitrogens with zero attached hydrogens (tertiary/aromatic N) is 2. The van der Waals surface area contributed by atoms with Gasteiger partial charge >= 0.3 is 0 Å². The van der Waals surface area contributed by atoms with Crippen molar-refractivity contribution in [2.75, 3.05) is 31.7 Å². The molecule has 0 N–H and O–H groups in total. The maximum Gasteiger partial charge on any atom is 0.213 e. The maximum absolute atomic E-state index is 5.66. The number of hydrogen-bond donors (Lipinski definition) is 0. The Kier molecular flexibility index (Phi) is 4.89. The van der Waals surface area contributed by atoms with Gasteiger partial charge in [0, 0.05) is 24.5 Å². The van der Waals surface area contributed by atoms with Gasteiger partial charge in [-0.2, -0.15) is 0 Å². The Balaban J connectivity index is 1.95. The van der Waals surface area contributed by atoms with Crippen LogP contribution < -0.4 is 14.4 Å². The molecule has 3 rings (SSSR count). The van der Waals surface area contributed by atoms with Crippen LogP contribution in [0.2, 0.25) is 0 Å². The number of aromatic nitrogens is 1. The number of rotatable bonds is 5. The predicted molar refractivity (Wildman–Crippen MR) is 94.7 cm³/mol. The molecule has 1 aromatic heterocycles. The van der Waals surface area contributed by atoms with Crippen LogP contribution in [0.1, 0.15) is 33.1 Å². The molecule has 2 aromatic rings. The highest BCUT2D eigenvalue weighted by molar-refractivity contribution is 5.86. The number of ether oxygens (including phenoxy) is 2. The second kappa shape index (κ2) is 7.07. The van der Waals surface area contributed by atoms with Crippen molar-refractivity contribution in [2.24, 2.45) is 5.92 Å². The molecule has 0 amide bonds. The minimum absolute atomic E-state index is 0.697. The average Bonchev–Trinajstić information content (AvgIpc) is 2.59. The average molecular weight is 314 g/mol. The highest BCUT2D eigenvalue weighted by Gasteiger charge is 2.19. The molecule has 4 heteroatoms. The van der Waals surface area contributed by atoms with Crippen molar-refractivity contribution in [1.29, 1.82) is 0 Å². The molecule has 1 aromatic carbocycles. The van der Waals surface area contributed by atoms with Crippen LogP contribution in [0.3, 0.4) is 0 Å². The molecule has 0 aliphatic carbocycles. The van der Waals surface area contributed by atoms with E-state index in [2.05, 4.69) is 41.9 Å². The zero-order valence-electron chi connectivity index (χ0n) is 14.3. The molecular weight excluding hydrogens is 288 g/mol. The van der Waals surface area contributed by atoms with E-state index in [-0.39, 0.29) is 0 Å².